The molecule has 0 amide bonds. The van der Waals surface area contributed by atoms with Gasteiger partial charge in [-0.3, -0.25) is 9.69 Å². The molecule has 2 saturated heterocycles. The minimum absolute atomic E-state index is 0.125. The van der Waals surface area contributed by atoms with Crippen LogP contribution >= 0.6 is 22.6 Å². The van der Waals surface area contributed by atoms with Crippen LogP contribution in [0.3, 0.4) is 0 Å². The minimum atomic E-state index is -0.361. The van der Waals surface area contributed by atoms with Crippen LogP contribution in [-0.2, 0) is 9.53 Å². The maximum Gasteiger partial charge on any atom is 0.310 e. The van der Waals surface area contributed by atoms with E-state index in [0.29, 0.717) is 6.54 Å². The third kappa shape index (κ3) is 2.59. The van der Waals surface area contributed by atoms with Gasteiger partial charge >= 0.3 is 5.97 Å². The van der Waals surface area contributed by atoms with Crippen molar-refractivity contribution in [2.45, 2.75) is 30.8 Å². The van der Waals surface area contributed by atoms with Gasteiger partial charge in [-0.2, -0.15) is 0 Å². The van der Waals surface area contributed by atoms with E-state index in [1.54, 1.807) is 0 Å². The topological polar surface area (TPSA) is 29.5 Å². The van der Waals surface area contributed by atoms with Gasteiger partial charge in [-0.15, -0.1) is 0 Å². The first-order valence-electron chi connectivity index (χ1n) is 7.32. The molecule has 0 N–H and O–H groups in total. The molecule has 2 fully saturated rings. The number of carbonyl (C=O) groups is 1. The van der Waals surface area contributed by atoms with Gasteiger partial charge in [0.25, 0.3) is 0 Å². The fourth-order valence-corrected chi connectivity index (χ4v) is 4.51. The van der Waals surface area contributed by atoms with Gasteiger partial charge in [0.05, 0.1) is 13.0 Å². The number of esters is 1. The van der Waals surface area contributed by atoms with E-state index >= 15 is 0 Å². The zero-order valence-corrected chi connectivity index (χ0v) is 14.1. The van der Waals surface area contributed by atoms with E-state index in [0.717, 1.165) is 12.8 Å². The molecule has 0 saturated carbocycles. The Morgan fingerprint density at radius 2 is 2.00 bits per heavy atom. The van der Waals surface area contributed by atoms with Crippen molar-refractivity contribution < 1.29 is 13.9 Å². The van der Waals surface area contributed by atoms with E-state index in [1.807, 2.05) is 0 Å². The molecule has 3 nitrogen and oxygen atoms in total. The maximum atomic E-state index is 12.9. The van der Waals surface area contributed by atoms with Crippen molar-refractivity contribution in [1.29, 1.82) is 0 Å². The molecule has 0 spiro atoms. The lowest BCUT2D eigenvalue weighted by molar-refractivity contribution is -0.147. The number of ether oxygens (including phenoxy) is 1. The van der Waals surface area contributed by atoms with Crippen LogP contribution in [-0.4, -0.2) is 43.3 Å². The zero-order valence-electron chi connectivity index (χ0n) is 12.0. The second-order valence-electron chi connectivity index (χ2n) is 5.77. The fraction of sp³-hybridized carbons (Fsp3) is 0.562. The molecule has 1 aromatic rings. The van der Waals surface area contributed by atoms with Crippen LogP contribution in [0.25, 0.3) is 0 Å². The Morgan fingerprint density at radius 3 is 2.62 bits per heavy atom. The number of methoxy groups -OCH3 is 1. The predicted molar refractivity (Wildman–Crippen MR) is 86.9 cm³/mol. The minimum Gasteiger partial charge on any atom is -0.469 e. The second kappa shape index (κ2) is 6.20. The van der Waals surface area contributed by atoms with Gasteiger partial charge in [0, 0.05) is 28.1 Å². The van der Waals surface area contributed by atoms with E-state index in [4.69, 9.17) is 4.74 Å². The lowest BCUT2D eigenvalue weighted by Gasteiger charge is -2.27. The maximum absolute atomic E-state index is 12.9. The molecule has 2 bridgehead atoms. The van der Waals surface area contributed by atoms with Crippen molar-refractivity contribution in [3.63, 3.8) is 0 Å². The summed E-state index contributed by atoms with van der Waals surface area (Å²) < 4.78 is 19.1. The summed E-state index contributed by atoms with van der Waals surface area (Å²) in [4.78, 5) is 14.4. The van der Waals surface area contributed by atoms with E-state index in [1.165, 1.54) is 16.2 Å². The van der Waals surface area contributed by atoms with E-state index in [2.05, 4.69) is 51.8 Å². The molecule has 114 valence electrons. The first-order valence-corrected chi connectivity index (χ1v) is 8.40. The van der Waals surface area contributed by atoms with Gasteiger partial charge in [0.1, 0.15) is 6.67 Å². The zero-order chi connectivity index (χ0) is 15.0. The van der Waals surface area contributed by atoms with Crippen molar-refractivity contribution in [3.05, 3.63) is 33.4 Å². The molecule has 5 heteroatoms. The first-order chi connectivity index (χ1) is 10.2. The highest BCUT2D eigenvalue weighted by Gasteiger charge is 2.56. The van der Waals surface area contributed by atoms with Gasteiger partial charge < -0.3 is 4.74 Å². The standard InChI is InChI=1S/C16H19FINO2/c1-21-16(20)15-13-7-6-12(19(13)9-8-17)14(15)10-2-4-11(18)5-3-10/h2-5,12-15H,6-9H2,1H3/t12-,13+,14-,15+/m0/s1/i1-1. The number of halogens is 2. The number of carbonyl (C=O) groups excluding carboxylic acids is 1. The first kappa shape index (κ1) is 15.2. The molecule has 0 unspecified atom stereocenters. The summed E-state index contributed by atoms with van der Waals surface area (Å²) in [5, 5.41) is 0. The summed E-state index contributed by atoms with van der Waals surface area (Å²) in [7, 11) is 1.44. The number of hydrogen-bond acceptors (Lipinski definition) is 3. The van der Waals surface area contributed by atoms with E-state index in [-0.39, 0.29) is 36.6 Å². The summed E-state index contributed by atoms with van der Waals surface area (Å²) in [6, 6.07) is 8.70. The molecule has 3 rings (SSSR count). The summed E-state index contributed by atoms with van der Waals surface area (Å²) in [5.74, 6) is -0.199. The van der Waals surface area contributed by atoms with Crippen molar-refractivity contribution >= 4 is 28.6 Å². The number of hydrogen-bond donors (Lipinski definition) is 0. The van der Waals surface area contributed by atoms with Crippen molar-refractivity contribution in [2.24, 2.45) is 5.92 Å². The molecular weight excluding hydrogens is 383 g/mol. The molecule has 0 aromatic heterocycles. The molecule has 0 radical (unpaired) electrons. The van der Waals surface area contributed by atoms with Gasteiger partial charge in [0.2, 0.25) is 0 Å². The third-order valence-electron chi connectivity index (χ3n) is 4.90. The fourth-order valence-electron chi connectivity index (χ4n) is 4.15. The molecular formula is C16H19FINO2. The number of nitrogens with zero attached hydrogens (tertiary/aromatic N) is 1. The lowest BCUT2D eigenvalue weighted by Crippen LogP contribution is -2.35. The van der Waals surface area contributed by atoms with E-state index in [9.17, 15) is 9.18 Å². The summed E-state index contributed by atoms with van der Waals surface area (Å²) in [6.45, 7) is 0.0595. The average Bonchev–Trinajstić information content (AvgIpc) is 3.03. The molecule has 2 heterocycles. The molecule has 21 heavy (non-hydrogen) atoms. The van der Waals surface area contributed by atoms with Crippen LogP contribution in [0.2, 0.25) is 0 Å². The Hall–Kier alpha value is -0.690. The monoisotopic (exact) mass is 402 g/mol. The van der Waals surface area contributed by atoms with Gasteiger partial charge in [-0.25, -0.2) is 4.39 Å². The average molecular weight is 402 g/mol. The van der Waals surface area contributed by atoms with Crippen LogP contribution in [0, 0.1) is 9.49 Å². The predicted octanol–water partition coefficient (Wildman–Crippen LogP) is 2.98. The highest BCUT2D eigenvalue weighted by Crippen LogP contribution is 2.51. The number of alkyl halides is 1. The third-order valence-corrected chi connectivity index (χ3v) is 5.62. The van der Waals surface area contributed by atoms with Crippen molar-refractivity contribution in [2.75, 3.05) is 20.3 Å². The van der Waals surface area contributed by atoms with Crippen LogP contribution in [0.5, 0.6) is 0 Å². The van der Waals surface area contributed by atoms with Crippen LogP contribution in [0.1, 0.15) is 24.3 Å². The quantitative estimate of drug-likeness (QED) is 0.573. The lowest BCUT2D eigenvalue weighted by atomic mass is 9.75. The van der Waals surface area contributed by atoms with Crippen LogP contribution in [0.4, 0.5) is 4.39 Å². The Labute approximate surface area is 138 Å². The normalized spacial score (nSPS) is 31.6. The van der Waals surface area contributed by atoms with Crippen molar-refractivity contribution in [3.8, 4) is 0 Å². The highest BCUT2D eigenvalue weighted by molar-refractivity contribution is 14.1. The highest BCUT2D eigenvalue weighted by atomic mass is 127. The Balaban J connectivity index is 1.95. The molecule has 2 aliphatic rings. The van der Waals surface area contributed by atoms with E-state index < -0.39 is 0 Å². The molecule has 0 aliphatic carbocycles. The SMILES string of the molecule is [11CH3]OC(=O)[C@H]1[C@@H](c2ccc(I)cc2)[C@@H]2CC[C@H]1N2CCF. The van der Waals surface area contributed by atoms with Crippen LogP contribution < -0.4 is 0 Å². The Bertz CT molecular complexity index is 522. The summed E-state index contributed by atoms with van der Waals surface area (Å²) in [6.07, 6.45) is 2.00. The molecule has 2 aliphatic heterocycles. The molecule has 1 aromatic carbocycles. The van der Waals surface area contributed by atoms with Crippen molar-refractivity contribution in [1.82, 2.24) is 4.90 Å². The van der Waals surface area contributed by atoms with Gasteiger partial charge in [-0.05, 0) is 53.1 Å². The molecule has 4 atom stereocenters. The number of benzene rings is 1. The van der Waals surface area contributed by atoms with Gasteiger partial charge in [0.15, 0.2) is 0 Å². The number of fused-ring (bicyclic) bond motifs is 2. The Morgan fingerprint density at radius 1 is 1.33 bits per heavy atom. The van der Waals surface area contributed by atoms with Crippen LogP contribution in [0.15, 0.2) is 24.3 Å². The largest absolute Gasteiger partial charge is 0.469 e. The smallest absolute Gasteiger partial charge is 0.310 e. The summed E-state index contributed by atoms with van der Waals surface area (Å²) >= 11 is 2.27. The Kier molecular flexibility index (Phi) is 4.49. The summed E-state index contributed by atoms with van der Waals surface area (Å²) in [5.41, 5.74) is 1.17. The van der Waals surface area contributed by atoms with Gasteiger partial charge in [-0.1, -0.05) is 12.1 Å². The number of rotatable bonds is 4. The second-order valence-corrected chi connectivity index (χ2v) is 7.01.